The first-order valence-corrected chi connectivity index (χ1v) is 4.28. The molecular formula is C11H19N. The van der Waals surface area contributed by atoms with Crippen LogP contribution >= 0.6 is 0 Å². The Morgan fingerprint density at radius 3 is 2.17 bits per heavy atom. The Morgan fingerprint density at radius 2 is 1.83 bits per heavy atom. The van der Waals surface area contributed by atoms with E-state index in [1.165, 1.54) is 5.57 Å². The van der Waals surface area contributed by atoms with Gasteiger partial charge in [-0.15, -0.1) is 0 Å². The van der Waals surface area contributed by atoms with Gasteiger partial charge in [0.1, 0.15) is 0 Å². The molecule has 0 rings (SSSR count). The molecule has 0 N–H and O–H groups in total. The number of nitrogens with zero attached hydrogens (tertiary/aromatic N) is 1. The number of hydrogen-bond donors (Lipinski definition) is 0. The SMILES string of the molecule is C\C=C/C=C(\C=N/C)C(C)(C)C. The number of hydrogen-bond acceptors (Lipinski definition) is 1. The molecule has 0 unspecified atom stereocenters. The second-order valence-corrected chi connectivity index (χ2v) is 3.79. The van der Waals surface area contributed by atoms with E-state index in [4.69, 9.17) is 0 Å². The first kappa shape index (κ1) is 11.2. The Morgan fingerprint density at radius 1 is 1.25 bits per heavy atom. The van der Waals surface area contributed by atoms with E-state index < -0.39 is 0 Å². The second-order valence-electron chi connectivity index (χ2n) is 3.79. The van der Waals surface area contributed by atoms with E-state index in [2.05, 4.69) is 31.8 Å². The Kier molecular flexibility index (Phi) is 4.57. The Hall–Kier alpha value is -0.850. The Labute approximate surface area is 75.9 Å². The van der Waals surface area contributed by atoms with Crippen molar-refractivity contribution in [2.45, 2.75) is 27.7 Å². The minimum Gasteiger partial charge on any atom is -0.296 e. The summed E-state index contributed by atoms with van der Waals surface area (Å²) >= 11 is 0. The third kappa shape index (κ3) is 4.12. The van der Waals surface area contributed by atoms with Gasteiger partial charge in [-0.25, -0.2) is 0 Å². The lowest BCUT2D eigenvalue weighted by Gasteiger charge is -2.18. The molecule has 0 spiro atoms. The molecule has 0 aromatic carbocycles. The quantitative estimate of drug-likeness (QED) is 0.440. The maximum atomic E-state index is 4.03. The molecule has 68 valence electrons. The highest BCUT2D eigenvalue weighted by Gasteiger charge is 2.13. The first-order valence-electron chi connectivity index (χ1n) is 4.28. The van der Waals surface area contributed by atoms with Gasteiger partial charge in [-0.05, 0) is 17.9 Å². The zero-order chi connectivity index (χ0) is 9.61. The zero-order valence-electron chi connectivity index (χ0n) is 8.76. The van der Waals surface area contributed by atoms with E-state index in [-0.39, 0.29) is 5.41 Å². The molecule has 0 heterocycles. The van der Waals surface area contributed by atoms with Crippen molar-refractivity contribution in [1.82, 2.24) is 0 Å². The third-order valence-corrected chi connectivity index (χ3v) is 1.60. The summed E-state index contributed by atoms with van der Waals surface area (Å²) in [5.41, 5.74) is 1.43. The average Bonchev–Trinajstić information content (AvgIpc) is 1.95. The highest BCUT2D eigenvalue weighted by Crippen LogP contribution is 2.23. The zero-order valence-corrected chi connectivity index (χ0v) is 8.76. The van der Waals surface area contributed by atoms with Crippen molar-refractivity contribution in [2.75, 3.05) is 7.05 Å². The summed E-state index contributed by atoms with van der Waals surface area (Å²) in [6, 6.07) is 0. The van der Waals surface area contributed by atoms with E-state index in [1.807, 2.05) is 25.3 Å². The van der Waals surface area contributed by atoms with Crippen LogP contribution in [0.2, 0.25) is 0 Å². The van der Waals surface area contributed by atoms with Crippen LogP contribution in [-0.4, -0.2) is 13.3 Å². The topological polar surface area (TPSA) is 12.4 Å². The predicted octanol–water partition coefficient (Wildman–Crippen LogP) is 3.24. The van der Waals surface area contributed by atoms with Crippen molar-refractivity contribution in [1.29, 1.82) is 0 Å². The van der Waals surface area contributed by atoms with Crippen LogP contribution in [0.5, 0.6) is 0 Å². The van der Waals surface area contributed by atoms with Crippen molar-refractivity contribution < 1.29 is 0 Å². The second kappa shape index (κ2) is 4.91. The fourth-order valence-corrected chi connectivity index (χ4v) is 0.826. The van der Waals surface area contributed by atoms with Gasteiger partial charge in [0.05, 0.1) is 0 Å². The number of aliphatic imine (C=N–C) groups is 1. The Balaban J connectivity index is 4.67. The van der Waals surface area contributed by atoms with Gasteiger partial charge in [-0.1, -0.05) is 39.0 Å². The lowest BCUT2D eigenvalue weighted by molar-refractivity contribution is 0.526. The molecule has 1 heteroatoms. The molecule has 0 aliphatic carbocycles. The van der Waals surface area contributed by atoms with Crippen LogP contribution in [0.4, 0.5) is 0 Å². The van der Waals surface area contributed by atoms with Gasteiger partial charge < -0.3 is 0 Å². The van der Waals surface area contributed by atoms with Crippen LogP contribution in [0.15, 0.2) is 28.8 Å². The number of rotatable bonds is 2. The van der Waals surface area contributed by atoms with Crippen LogP contribution < -0.4 is 0 Å². The predicted molar refractivity (Wildman–Crippen MR) is 56.8 cm³/mol. The summed E-state index contributed by atoms with van der Waals surface area (Å²) in [6.45, 7) is 8.57. The highest BCUT2D eigenvalue weighted by atomic mass is 14.6. The summed E-state index contributed by atoms with van der Waals surface area (Å²) in [5, 5.41) is 0. The van der Waals surface area contributed by atoms with Crippen LogP contribution in [0.3, 0.4) is 0 Å². The maximum Gasteiger partial charge on any atom is 0.0277 e. The summed E-state index contributed by atoms with van der Waals surface area (Å²) < 4.78 is 0. The Bertz CT molecular complexity index is 202. The van der Waals surface area contributed by atoms with Crippen molar-refractivity contribution in [3.63, 3.8) is 0 Å². The number of allylic oxidation sites excluding steroid dienone is 4. The largest absolute Gasteiger partial charge is 0.296 e. The summed E-state index contributed by atoms with van der Waals surface area (Å²) in [4.78, 5) is 4.03. The minimum absolute atomic E-state index is 0.180. The average molecular weight is 165 g/mol. The van der Waals surface area contributed by atoms with Gasteiger partial charge in [0.15, 0.2) is 0 Å². The summed E-state index contributed by atoms with van der Waals surface area (Å²) in [5.74, 6) is 0. The molecule has 0 aromatic rings. The van der Waals surface area contributed by atoms with Crippen molar-refractivity contribution in [2.24, 2.45) is 10.4 Å². The molecule has 0 aliphatic heterocycles. The molecule has 0 aromatic heterocycles. The van der Waals surface area contributed by atoms with E-state index in [1.54, 1.807) is 7.05 Å². The molecule has 0 aliphatic rings. The molecule has 0 atom stereocenters. The van der Waals surface area contributed by atoms with E-state index in [0.29, 0.717) is 0 Å². The van der Waals surface area contributed by atoms with Crippen LogP contribution in [-0.2, 0) is 0 Å². The van der Waals surface area contributed by atoms with E-state index in [9.17, 15) is 0 Å². The van der Waals surface area contributed by atoms with Crippen LogP contribution in [0, 0.1) is 5.41 Å². The lowest BCUT2D eigenvalue weighted by atomic mass is 9.87. The van der Waals surface area contributed by atoms with Gasteiger partial charge in [-0.3, -0.25) is 4.99 Å². The van der Waals surface area contributed by atoms with E-state index >= 15 is 0 Å². The summed E-state index contributed by atoms with van der Waals surface area (Å²) in [7, 11) is 1.80. The van der Waals surface area contributed by atoms with Crippen molar-refractivity contribution in [3.8, 4) is 0 Å². The standard InChI is InChI=1S/C11H19N/c1-6-7-8-10(9-12-5)11(2,3)4/h6-9H,1-5H3/b7-6-,10-8+,12-9-. The van der Waals surface area contributed by atoms with Crippen molar-refractivity contribution >= 4 is 6.21 Å². The molecule has 1 nitrogen and oxygen atoms in total. The molecule has 0 saturated carbocycles. The van der Waals surface area contributed by atoms with Gasteiger partial charge in [0.2, 0.25) is 0 Å². The molecule has 0 fully saturated rings. The molecule has 0 amide bonds. The smallest absolute Gasteiger partial charge is 0.0277 e. The van der Waals surface area contributed by atoms with Crippen molar-refractivity contribution in [3.05, 3.63) is 23.8 Å². The molecule has 0 saturated heterocycles. The first-order chi connectivity index (χ1) is 5.52. The van der Waals surface area contributed by atoms with Gasteiger partial charge in [0.25, 0.3) is 0 Å². The molecule has 0 radical (unpaired) electrons. The van der Waals surface area contributed by atoms with Crippen LogP contribution in [0.1, 0.15) is 27.7 Å². The monoisotopic (exact) mass is 165 g/mol. The summed E-state index contributed by atoms with van der Waals surface area (Å²) in [6.07, 6.45) is 8.09. The molecule has 12 heavy (non-hydrogen) atoms. The van der Waals surface area contributed by atoms with Gasteiger partial charge in [0, 0.05) is 13.3 Å². The maximum absolute atomic E-state index is 4.03. The highest BCUT2D eigenvalue weighted by molar-refractivity contribution is 5.80. The molecular weight excluding hydrogens is 146 g/mol. The minimum atomic E-state index is 0.180. The van der Waals surface area contributed by atoms with Crippen LogP contribution in [0.25, 0.3) is 0 Å². The lowest BCUT2D eigenvalue weighted by Crippen LogP contribution is -2.10. The fraction of sp³-hybridized carbons (Fsp3) is 0.545. The normalized spacial score (nSPS) is 14.9. The third-order valence-electron chi connectivity index (χ3n) is 1.60. The molecule has 0 bridgehead atoms. The van der Waals surface area contributed by atoms with Gasteiger partial charge >= 0.3 is 0 Å². The van der Waals surface area contributed by atoms with E-state index in [0.717, 1.165) is 0 Å². The fourth-order valence-electron chi connectivity index (χ4n) is 0.826. The van der Waals surface area contributed by atoms with Gasteiger partial charge in [-0.2, -0.15) is 0 Å².